The van der Waals surface area contributed by atoms with Crippen molar-refractivity contribution in [2.75, 3.05) is 13.1 Å². The topological polar surface area (TPSA) is 68.5 Å². The fraction of sp³-hybridized carbons (Fsp3) is 0.692. The van der Waals surface area contributed by atoms with Gasteiger partial charge in [0.1, 0.15) is 10.6 Å². The predicted octanol–water partition coefficient (Wildman–Crippen LogP) is 2.33. The summed E-state index contributed by atoms with van der Waals surface area (Å²) in [5.41, 5.74) is 5.53. The van der Waals surface area contributed by atoms with Crippen LogP contribution < -0.4 is 5.73 Å². The zero-order chi connectivity index (χ0) is 14.1. The molecule has 1 fully saturated rings. The summed E-state index contributed by atoms with van der Waals surface area (Å²) in [6, 6.07) is 0. The Kier molecular flexibility index (Phi) is 3.82. The number of nitrogens with zero attached hydrogens (tertiary/aromatic N) is 2. The number of piperidine rings is 1. The zero-order valence-electron chi connectivity index (χ0n) is 11.7. The normalized spacial score (nSPS) is 19.3. The van der Waals surface area contributed by atoms with E-state index in [-0.39, 0.29) is 6.09 Å². The van der Waals surface area contributed by atoms with E-state index in [1.165, 1.54) is 0 Å². The summed E-state index contributed by atoms with van der Waals surface area (Å²) in [4.78, 5) is 18.0. The molecule has 1 aromatic rings. The van der Waals surface area contributed by atoms with Gasteiger partial charge in [0.25, 0.3) is 0 Å². The van der Waals surface area contributed by atoms with Gasteiger partial charge in [0, 0.05) is 24.7 Å². The van der Waals surface area contributed by atoms with Crippen molar-refractivity contribution in [2.24, 2.45) is 5.73 Å². The van der Waals surface area contributed by atoms with Crippen LogP contribution >= 0.6 is 11.3 Å². The van der Waals surface area contributed by atoms with Crippen molar-refractivity contribution >= 4 is 17.4 Å². The first-order valence-corrected chi connectivity index (χ1v) is 7.35. The third kappa shape index (κ3) is 3.45. The Bertz CT molecular complexity index is 431. The van der Waals surface area contributed by atoms with Gasteiger partial charge in [-0.05, 0) is 33.6 Å². The third-order valence-corrected chi connectivity index (χ3v) is 4.16. The summed E-state index contributed by atoms with van der Waals surface area (Å²) in [5.74, 6) is 0. The highest BCUT2D eigenvalue weighted by atomic mass is 32.1. The molecule has 1 aliphatic heterocycles. The highest BCUT2D eigenvalue weighted by molar-refractivity contribution is 7.09. The largest absolute Gasteiger partial charge is 0.444 e. The number of hydrogen-bond acceptors (Lipinski definition) is 5. The summed E-state index contributed by atoms with van der Waals surface area (Å²) in [5, 5.41) is 2.89. The van der Waals surface area contributed by atoms with E-state index < -0.39 is 11.1 Å². The van der Waals surface area contributed by atoms with Crippen LogP contribution in [0.1, 0.15) is 38.6 Å². The Hall–Kier alpha value is -1.14. The molecule has 0 spiro atoms. The molecule has 2 rings (SSSR count). The molecule has 1 amide bonds. The number of likely N-dealkylation sites (tertiary alicyclic amines) is 1. The number of ether oxygens (including phenoxy) is 1. The van der Waals surface area contributed by atoms with E-state index in [9.17, 15) is 4.79 Å². The van der Waals surface area contributed by atoms with Crippen LogP contribution in [0.3, 0.4) is 0 Å². The lowest BCUT2D eigenvalue weighted by atomic mass is 9.89. The summed E-state index contributed by atoms with van der Waals surface area (Å²) in [7, 11) is 0. The number of hydrogen-bond donors (Lipinski definition) is 1. The van der Waals surface area contributed by atoms with Gasteiger partial charge in [-0.3, -0.25) is 0 Å². The van der Waals surface area contributed by atoms with Crippen LogP contribution in [0.4, 0.5) is 4.79 Å². The number of nitrogens with two attached hydrogens (primary N) is 1. The molecule has 1 saturated heterocycles. The molecule has 0 atom stereocenters. The molecular formula is C13H21N3O2S. The van der Waals surface area contributed by atoms with Crippen LogP contribution in [0.2, 0.25) is 0 Å². The van der Waals surface area contributed by atoms with E-state index in [0.717, 1.165) is 17.8 Å². The molecule has 106 valence electrons. The molecular weight excluding hydrogens is 262 g/mol. The molecule has 0 aromatic carbocycles. The summed E-state index contributed by atoms with van der Waals surface area (Å²) in [6.07, 6.45) is 2.96. The first-order valence-electron chi connectivity index (χ1n) is 6.47. The fourth-order valence-electron chi connectivity index (χ4n) is 2.10. The van der Waals surface area contributed by atoms with Crippen molar-refractivity contribution in [3.05, 3.63) is 16.6 Å². The molecule has 2 heterocycles. The van der Waals surface area contributed by atoms with Gasteiger partial charge in [-0.25, -0.2) is 9.78 Å². The van der Waals surface area contributed by atoms with Crippen LogP contribution in [0.25, 0.3) is 0 Å². The van der Waals surface area contributed by atoms with Gasteiger partial charge in [0.05, 0.1) is 5.54 Å². The van der Waals surface area contributed by atoms with Crippen LogP contribution in [0.15, 0.2) is 11.6 Å². The lowest BCUT2D eigenvalue weighted by Gasteiger charge is -2.38. The summed E-state index contributed by atoms with van der Waals surface area (Å²) >= 11 is 1.58. The molecule has 5 nitrogen and oxygen atoms in total. The lowest BCUT2D eigenvalue weighted by Crippen LogP contribution is -2.50. The molecule has 2 N–H and O–H groups in total. The monoisotopic (exact) mass is 283 g/mol. The maximum atomic E-state index is 12.0. The summed E-state index contributed by atoms with van der Waals surface area (Å²) < 4.78 is 5.37. The minimum atomic E-state index is -0.455. The quantitative estimate of drug-likeness (QED) is 0.859. The maximum absolute atomic E-state index is 12.0. The number of rotatable bonds is 1. The number of thiazole rings is 1. The van der Waals surface area contributed by atoms with Gasteiger partial charge >= 0.3 is 6.09 Å². The van der Waals surface area contributed by atoms with Gasteiger partial charge in [-0.15, -0.1) is 11.3 Å². The first-order chi connectivity index (χ1) is 8.80. The van der Waals surface area contributed by atoms with Crippen LogP contribution in [0, 0.1) is 0 Å². The second-order valence-corrected chi connectivity index (χ2v) is 6.86. The maximum Gasteiger partial charge on any atom is 0.410 e. The minimum Gasteiger partial charge on any atom is -0.444 e. The molecule has 0 aliphatic carbocycles. The Morgan fingerprint density at radius 3 is 2.58 bits per heavy atom. The lowest BCUT2D eigenvalue weighted by molar-refractivity contribution is 0.0166. The van der Waals surface area contributed by atoms with Gasteiger partial charge in [-0.1, -0.05) is 0 Å². The van der Waals surface area contributed by atoms with E-state index in [1.807, 2.05) is 26.2 Å². The molecule has 0 saturated carbocycles. The van der Waals surface area contributed by atoms with Gasteiger partial charge in [-0.2, -0.15) is 0 Å². The van der Waals surface area contributed by atoms with Crippen molar-refractivity contribution in [1.82, 2.24) is 9.88 Å². The number of carbonyl (C=O) groups excluding carboxylic acids is 1. The Morgan fingerprint density at radius 2 is 2.11 bits per heavy atom. The first kappa shape index (κ1) is 14.3. The molecule has 0 unspecified atom stereocenters. The van der Waals surface area contributed by atoms with E-state index in [4.69, 9.17) is 10.5 Å². The Labute approximate surface area is 117 Å². The van der Waals surface area contributed by atoms with Gasteiger partial charge in [0.2, 0.25) is 0 Å². The standard InChI is InChI=1S/C13H21N3O2S/c1-12(2,3)18-11(17)16-7-4-13(14,5-8-16)10-15-6-9-19-10/h6,9H,4-5,7-8,14H2,1-3H3. The number of carbonyl (C=O) groups is 1. The van der Waals surface area contributed by atoms with Gasteiger partial charge in [0.15, 0.2) is 0 Å². The predicted molar refractivity (Wildman–Crippen MR) is 75.0 cm³/mol. The van der Waals surface area contributed by atoms with Crippen molar-refractivity contribution < 1.29 is 9.53 Å². The van der Waals surface area contributed by atoms with Crippen molar-refractivity contribution in [1.29, 1.82) is 0 Å². The summed E-state index contributed by atoms with van der Waals surface area (Å²) in [6.45, 7) is 6.85. The fourth-order valence-corrected chi connectivity index (χ4v) is 2.91. The van der Waals surface area contributed by atoms with Gasteiger partial charge < -0.3 is 15.4 Å². The highest BCUT2D eigenvalue weighted by Gasteiger charge is 2.36. The average Bonchev–Trinajstić information content (AvgIpc) is 2.81. The average molecular weight is 283 g/mol. The number of aromatic nitrogens is 1. The van der Waals surface area contributed by atoms with E-state index in [2.05, 4.69) is 4.98 Å². The molecule has 1 aromatic heterocycles. The van der Waals surface area contributed by atoms with Crippen LogP contribution in [-0.2, 0) is 10.3 Å². The second-order valence-electron chi connectivity index (χ2n) is 5.96. The molecule has 6 heteroatoms. The second kappa shape index (κ2) is 5.09. The molecule has 1 aliphatic rings. The third-order valence-electron chi connectivity index (χ3n) is 3.17. The SMILES string of the molecule is CC(C)(C)OC(=O)N1CCC(N)(c2nccs2)CC1. The smallest absolute Gasteiger partial charge is 0.410 e. The number of amides is 1. The van der Waals surface area contributed by atoms with Crippen LogP contribution in [0.5, 0.6) is 0 Å². The van der Waals surface area contributed by atoms with E-state index >= 15 is 0 Å². The van der Waals surface area contributed by atoms with Crippen molar-refractivity contribution in [2.45, 2.75) is 44.8 Å². The van der Waals surface area contributed by atoms with Crippen molar-refractivity contribution in [3.63, 3.8) is 0 Å². The van der Waals surface area contributed by atoms with E-state index in [0.29, 0.717) is 13.1 Å². The minimum absolute atomic E-state index is 0.256. The van der Waals surface area contributed by atoms with E-state index in [1.54, 1.807) is 22.4 Å². The molecule has 19 heavy (non-hydrogen) atoms. The van der Waals surface area contributed by atoms with Crippen LogP contribution in [-0.4, -0.2) is 34.7 Å². The zero-order valence-corrected chi connectivity index (χ0v) is 12.5. The molecule has 0 bridgehead atoms. The molecule has 0 radical (unpaired) electrons. The Balaban J connectivity index is 1.94. The highest BCUT2D eigenvalue weighted by Crippen LogP contribution is 2.31. The van der Waals surface area contributed by atoms with Crippen molar-refractivity contribution in [3.8, 4) is 0 Å². The Morgan fingerprint density at radius 1 is 1.47 bits per heavy atom.